The SMILES string of the molecule is CCC1CCCN1c1nc(CNC)co1. The molecule has 1 N–H and O–H groups in total. The van der Waals surface area contributed by atoms with Gasteiger partial charge in [-0.2, -0.15) is 4.98 Å². The summed E-state index contributed by atoms with van der Waals surface area (Å²) in [6.07, 6.45) is 5.43. The van der Waals surface area contributed by atoms with E-state index in [-0.39, 0.29) is 0 Å². The smallest absolute Gasteiger partial charge is 0.297 e. The quantitative estimate of drug-likeness (QED) is 0.820. The van der Waals surface area contributed by atoms with Gasteiger partial charge in [-0.1, -0.05) is 6.92 Å². The molecule has 1 saturated heterocycles. The molecule has 0 radical (unpaired) electrons. The lowest BCUT2D eigenvalue weighted by molar-refractivity contribution is 0.515. The van der Waals surface area contributed by atoms with Gasteiger partial charge in [-0.15, -0.1) is 0 Å². The monoisotopic (exact) mass is 209 g/mol. The van der Waals surface area contributed by atoms with Gasteiger partial charge in [0, 0.05) is 19.1 Å². The zero-order valence-corrected chi connectivity index (χ0v) is 9.49. The van der Waals surface area contributed by atoms with Crippen LogP contribution in [0, 0.1) is 0 Å². The summed E-state index contributed by atoms with van der Waals surface area (Å²) < 4.78 is 5.51. The molecule has 0 amide bonds. The molecule has 0 aliphatic carbocycles. The van der Waals surface area contributed by atoms with E-state index in [4.69, 9.17) is 4.42 Å². The predicted octanol–water partition coefficient (Wildman–Crippen LogP) is 1.77. The molecule has 84 valence electrons. The first-order chi connectivity index (χ1) is 7.35. The van der Waals surface area contributed by atoms with Gasteiger partial charge in [0.2, 0.25) is 0 Å². The van der Waals surface area contributed by atoms with Crippen LogP contribution in [0.15, 0.2) is 10.7 Å². The van der Waals surface area contributed by atoms with E-state index in [0.717, 1.165) is 24.8 Å². The Bertz CT molecular complexity index is 311. The summed E-state index contributed by atoms with van der Waals surface area (Å²) in [7, 11) is 1.92. The Balaban J connectivity index is 2.07. The summed E-state index contributed by atoms with van der Waals surface area (Å²) in [6.45, 7) is 4.08. The third-order valence-corrected chi connectivity index (χ3v) is 2.99. The van der Waals surface area contributed by atoms with Gasteiger partial charge in [0.15, 0.2) is 0 Å². The minimum absolute atomic E-state index is 0.617. The molecular formula is C11H19N3O. The van der Waals surface area contributed by atoms with Gasteiger partial charge in [0.05, 0.1) is 5.69 Å². The standard InChI is InChI=1S/C11H19N3O/c1-3-10-5-4-6-14(10)11-13-9(7-12-2)8-15-11/h8,10,12H,3-7H2,1-2H3. The van der Waals surface area contributed by atoms with Crippen molar-refractivity contribution >= 4 is 6.01 Å². The van der Waals surface area contributed by atoms with Crippen LogP contribution >= 0.6 is 0 Å². The zero-order chi connectivity index (χ0) is 10.7. The van der Waals surface area contributed by atoms with Crippen LogP contribution in [0.25, 0.3) is 0 Å². The van der Waals surface area contributed by atoms with Crippen molar-refractivity contribution < 1.29 is 4.42 Å². The Kier molecular flexibility index (Phi) is 3.26. The minimum atomic E-state index is 0.617. The van der Waals surface area contributed by atoms with Gasteiger partial charge >= 0.3 is 0 Å². The summed E-state index contributed by atoms with van der Waals surface area (Å²) in [6, 6.07) is 1.41. The molecule has 1 fully saturated rings. The van der Waals surface area contributed by atoms with Crippen molar-refractivity contribution in [2.24, 2.45) is 0 Å². The average Bonchev–Trinajstić information content (AvgIpc) is 2.84. The number of hydrogen-bond donors (Lipinski definition) is 1. The number of nitrogens with one attached hydrogen (secondary N) is 1. The van der Waals surface area contributed by atoms with Crippen molar-refractivity contribution in [1.82, 2.24) is 10.3 Å². The lowest BCUT2D eigenvalue weighted by atomic mass is 10.2. The van der Waals surface area contributed by atoms with Crippen molar-refractivity contribution in [2.75, 3.05) is 18.5 Å². The number of aromatic nitrogens is 1. The van der Waals surface area contributed by atoms with E-state index in [9.17, 15) is 0 Å². The molecule has 0 aromatic carbocycles. The highest BCUT2D eigenvalue weighted by atomic mass is 16.4. The van der Waals surface area contributed by atoms with Crippen LogP contribution in [0.5, 0.6) is 0 Å². The van der Waals surface area contributed by atoms with E-state index >= 15 is 0 Å². The van der Waals surface area contributed by atoms with Crippen LogP contribution in [0.1, 0.15) is 31.9 Å². The van der Waals surface area contributed by atoms with E-state index in [1.807, 2.05) is 7.05 Å². The van der Waals surface area contributed by atoms with Gasteiger partial charge in [0.1, 0.15) is 6.26 Å². The maximum absolute atomic E-state index is 5.51. The van der Waals surface area contributed by atoms with E-state index in [2.05, 4.69) is 22.1 Å². The van der Waals surface area contributed by atoms with Gasteiger partial charge in [0.25, 0.3) is 6.01 Å². The topological polar surface area (TPSA) is 41.3 Å². The summed E-state index contributed by atoms with van der Waals surface area (Å²) >= 11 is 0. The fourth-order valence-corrected chi connectivity index (χ4v) is 2.20. The van der Waals surface area contributed by atoms with Crippen molar-refractivity contribution in [3.05, 3.63) is 12.0 Å². The molecule has 0 saturated carbocycles. The number of rotatable bonds is 4. The molecule has 1 aliphatic heterocycles. The predicted molar refractivity (Wildman–Crippen MR) is 59.9 cm³/mol. The molecule has 1 aromatic rings. The van der Waals surface area contributed by atoms with Crippen LogP contribution in [0.3, 0.4) is 0 Å². The first-order valence-corrected chi connectivity index (χ1v) is 5.70. The van der Waals surface area contributed by atoms with Crippen LogP contribution in [-0.4, -0.2) is 24.6 Å². The van der Waals surface area contributed by atoms with Crippen LogP contribution in [0.2, 0.25) is 0 Å². The first kappa shape index (κ1) is 10.5. The average molecular weight is 209 g/mol. The number of nitrogens with zero attached hydrogens (tertiary/aromatic N) is 2. The third-order valence-electron chi connectivity index (χ3n) is 2.99. The Morgan fingerprint density at radius 1 is 1.67 bits per heavy atom. The summed E-state index contributed by atoms with van der Waals surface area (Å²) in [4.78, 5) is 6.77. The summed E-state index contributed by atoms with van der Waals surface area (Å²) in [5, 5.41) is 3.07. The second-order valence-corrected chi connectivity index (χ2v) is 4.05. The molecular weight excluding hydrogens is 190 g/mol. The highest BCUT2D eigenvalue weighted by molar-refractivity contribution is 5.30. The molecule has 4 heteroatoms. The first-order valence-electron chi connectivity index (χ1n) is 5.70. The molecule has 2 heterocycles. The van der Waals surface area contributed by atoms with Crippen molar-refractivity contribution in [1.29, 1.82) is 0 Å². The minimum Gasteiger partial charge on any atom is -0.432 e. The van der Waals surface area contributed by atoms with E-state index < -0.39 is 0 Å². The molecule has 1 unspecified atom stereocenters. The third kappa shape index (κ3) is 2.15. The number of oxazole rings is 1. The molecule has 4 nitrogen and oxygen atoms in total. The Labute approximate surface area is 90.7 Å². The van der Waals surface area contributed by atoms with Gasteiger partial charge in [-0.05, 0) is 26.3 Å². The number of hydrogen-bond acceptors (Lipinski definition) is 4. The summed E-state index contributed by atoms with van der Waals surface area (Å²) in [5.74, 6) is 0. The highest BCUT2D eigenvalue weighted by Crippen LogP contribution is 2.26. The second-order valence-electron chi connectivity index (χ2n) is 4.05. The van der Waals surface area contributed by atoms with Gasteiger partial charge in [-0.3, -0.25) is 0 Å². The molecule has 0 spiro atoms. The van der Waals surface area contributed by atoms with E-state index in [0.29, 0.717) is 6.04 Å². The maximum Gasteiger partial charge on any atom is 0.297 e. The fourth-order valence-electron chi connectivity index (χ4n) is 2.20. The normalized spacial score (nSPS) is 21.2. The van der Waals surface area contributed by atoms with Crippen LogP contribution in [-0.2, 0) is 6.54 Å². The molecule has 1 aromatic heterocycles. The maximum atomic E-state index is 5.51. The zero-order valence-electron chi connectivity index (χ0n) is 9.49. The van der Waals surface area contributed by atoms with Gasteiger partial charge < -0.3 is 14.6 Å². The second kappa shape index (κ2) is 4.66. The lowest BCUT2D eigenvalue weighted by Gasteiger charge is -2.20. The molecule has 1 atom stereocenters. The molecule has 1 aliphatic rings. The Hall–Kier alpha value is -1.03. The number of anilines is 1. The van der Waals surface area contributed by atoms with E-state index in [1.165, 1.54) is 19.3 Å². The van der Waals surface area contributed by atoms with E-state index in [1.54, 1.807) is 6.26 Å². The molecule has 0 bridgehead atoms. The largest absolute Gasteiger partial charge is 0.432 e. The van der Waals surface area contributed by atoms with Crippen LogP contribution in [0.4, 0.5) is 6.01 Å². The van der Waals surface area contributed by atoms with Crippen molar-refractivity contribution in [3.8, 4) is 0 Å². The molecule has 2 rings (SSSR count). The fraction of sp³-hybridized carbons (Fsp3) is 0.727. The van der Waals surface area contributed by atoms with Gasteiger partial charge in [-0.25, -0.2) is 0 Å². The highest BCUT2D eigenvalue weighted by Gasteiger charge is 2.26. The Morgan fingerprint density at radius 2 is 2.53 bits per heavy atom. The van der Waals surface area contributed by atoms with Crippen LogP contribution < -0.4 is 10.2 Å². The van der Waals surface area contributed by atoms with Crippen molar-refractivity contribution in [2.45, 2.75) is 38.8 Å². The lowest BCUT2D eigenvalue weighted by Crippen LogP contribution is -2.28. The summed E-state index contributed by atoms with van der Waals surface area (Å²) in [5.41, 5.74) is 0.981. The van der Waals surface area contributed by atoms with Crippen molar-refractivity contribution in [3.63, 3.8) is 0 Å². The molecule has 15 heavy (non-hydrogen) atoms. The Morgan fingerprint density at radius 3 is 3.27 bits per heavy atom.